The average Bonchev–Trinajstić information content (AvgIpc) is 3.10. The van der Waals surface area contributed by atoms with E-state index < -0.39 is 0 Å². The number of hydrogen-bond acceptors (Lipinski definition) is 3. The van der Waals surface area contributed by atoms with Crippen molar-refractivity contribution in [1.82, 2.24) is 15.1 Å². The molecule has 0 unspecified atom stereocenters. The second kappa shape index (κ2) is 16.0. The van der Waals surface area contributed by atoms with Gasteiger partial charge in [-0.15, -0.1) is 0 Å². The standard InChI is InChI=1S/C39H59N3O3/c43-37(40-32-16-6-1-7-17-32)29-26-30(38(44)41(33-18-8-2-9-19-33)34-20-10-3-11-21-34)28-31(27-29)39(45)42(35-22-12-4-13-23-35)36-24-14-5-15-25-36/h26-28,32-36H,1-25H2,(H,40,43). The zero-order chi connectivity index (χ0) is 31.0. The Morgan fingerprint density at radius 3 is 1.04 bits per heavy atom. The summed E-state index contributed by atoms with van der Waals surface area (Å²) in [6, 6.07) is 6.72. The molecule has 5 saturated carbocycles. The number of nitrogens with one attached hydrogen (secondary N) is 1. The Balaban J connectivity index is 1.36. The molecule has 6 nitrogen and oxygen atoms in total. The van der Waals surface area contributed by atoms with E-state index in [1.54, 1.807) is 0 Å². The quantitative estimate of drug-likeness (QED) is 0.317. The summed E-state index contributed by atoms with van der Waals surface area (Å²) in [6.07, 6.45) is 28.4. The summed E-state index contributed by atoms with van der Waals surface area (Å²) in [4.78, 5) is 47.8. The fourth-order valence-corrected chi connectivity index (χ4v) is 9.52. The predicted molar refractivity (Wildman–Crippen MR) is 181 cm³/mol. The zero-order valence-electron chi connectivity index (χ0n) is 27.9. The number of benzene rings is 1. The van der Waals surface area contributed by atoms with E-state index in [9.17, 15) is 14.4 Å². The molecular formula is C39H59N3O3. The fourth-order valence-electron chi connectivity index (χ4n) is 9.52. The van der Waals surface area contributed by atoms with Crippen LogP contribution >= 0.6 is 0 Å². The Kier molecular flexibility index (Phi) is 11.5. The van der Waals surface area contributed by atoms with Crippen LogP contribution in [0.25, 0.3) is 0 Å². The topological polar surface area (TPSA) is 69.7 Å². The Bertz CT molecular complexity index is 1030. The summed E-state index contributed by atoms with van der Waals surface area (Å²) in [5, 5.41) is 3.29. The molecule has 5 aliphatic rings. The molecule has 0 radical (unpaired) electrons. The Hall–Kier alpha value is -2.37. The molecule has 1 aromatic carbocycles. The van der Waals surface area contributed by atoms with Crippen molar-refractivity contribution in [2.45, 2.75) is 191 Å². The summed E-state index contributed by atoms with van der Waals surface area (Å²) >= 11 is 0. The normalized spacial score (nSPS) is 23.4. The lowest BCUT2D eigenvalue weighted by Crippen LogP contribution is -2.49. The first kappa shape index (κ1) is 32.6. The number of hydrogen-bond donors (Lipinski definition) is 1. The van der Waals surface area contributed by atoms with Crippen LogP contribution < -0.4 is 5.32 Å². The van der Waals surface area contributed by atoms with Gasteiger partial charge in [0.1, 0.15) is 0 Å². The minimum atomic E-state index is -0.130. The number of carbonyl (C=O) groups excluding carboxylic acids is 3. The van der Waals surface area contributed by atoms with Gasteiger partial charge in [0.15, 0.2) is 0 Å². The molecule has 45 heavy (non-hydrogen) atoms. The molecule has 3 amide bonds. The summed E-state index contributed by atoms with van der Waals surface area (Å²) < 4.78 is 0. The minimum absolute atomic E-state index is 0.0389. The Morgan fingerprint density at radius 1 is 0.422 bits per heavy atom. The molecule has 0 aromatic heterocycles. The highest BCUT2D eigenvalue weighted by Gasteiger charge is 2.36. The maximum atomic E-state index is 14.7. The van der Waals surface area contributed by atoms with Gasteiger partial charge in [-0.1, -0.05) is 96.3 Å². The first-order chi connectivity index (χ1) is 22.1. The van der Waals surface area contributed by atoms with Gasteiger partial charge < -0.3 is 15.1 Å². The van der Waals surface area contributed by atoms with Gasteiger partial charge in [0.25, 0.3) is 17.7 Å². The molecule has 248 valence electrons. The van der Waals surface area contributed by atoms with Crippen molar-refractivity contribution in [3.63, 3.8) is 0 Å². The molecule has 5 fully saturated rings. The van der Waals surface area contributed by atoms with Crippen LogP contribution in [0.2, 0.25) is 0 Å². The molecule has 1 N–H and O–H groups in total. The largest absolute Gasteiger partial charge is 0.349 e. The van der Waals surface area contributed by atoms with Gasteiger partial charge in [-0.2, -0.15) is 0 Å². The minimum Gasteiger partial charge on any atom is -0.349 e. The SMILES string of the molecule is O=C(NC1CCCCC1)c1cc(C(=O)N(C2CCCCC2)C2CCCCC2)cc(C(=O)N(C2CCCCC2)C2CCCCC2)c1. The first-order valence-electron chi connectivity index (χ1n) is 19.2. The van der Waals surface area contributed by atoms with Crippen molar-refractivity contribution in [3.05, 3.63) is 34.9 Å². The lowest BCUT2D eigenvalue weighted by molar-refractivity contribution is 0.0446. The van der Waals surface area contributed by atoms with E-state index in [1.165, 1.54) is 83.5 Å². The van der Waals surface area contributed by atoms with Crippen molar-refractivity contribution in [2.24, 2.45) is 0 Å². The summed E-state index contributed by atoms with van der Waals surface area (Å²) in [5.74, 6) is -0.0523. The number of amides is 3. The zero-order valence-corrected chi connectivity index (χ0v) is 27.9. The molecule has 0 saturated heterocycles. The molecule has 0 heterocycles. The van der Waals surface area contributed by atoms with Crippen LogP contribution in [0.4, 0.5) is 0 Å². The van der Waals surface area contributed by atoms with Gasteiger partial charge in [0.05, 0.1) is 0 Å². The maximum Gasteiger partial charge on any atom is 0.254 e. The molecule has 6 heteroatoms. The highest BCUT2D eigenvalue weighted by Crippen LogP contribution is 2.34. The molecule has 5 aliphatic carbocycles. The van der Waals surface area contributed by atoms with Crippen molar-refractivity contribution in [1.29, 1.82) is 0 Å². The Morgan fingerprint density at radius 2 is 0.711 bits per heavy atom. The van der Waals surface area contributed by atoms with Gasteiger partial charge in [-0.25, -0.2) is 0 Å². The maximum absolute atomic E-state index is 14.7. The van der Waals surface area contributed by atoms with Crippen molar-refractivity contribution in [3.8, 4) is 0 Å². The van der Waals surface area contributed by atoms with Crippen LogP contribution in [-0.4, -0.2) is 57.7 Å². The number of carbonyl (C=O) groups is 3. The molecular weight excluding hydrogens is 558 g/mol. The predicted octanol–water partition coefficient (Wildman–Crippen LogP) is 8.96. The lowest BCUT2D eigenvalue weighted by Gasteiger charge is -2.42. The molecule has 0 bridgehead atoms. The van der Waals surface area contributed by atoms with Crippen LogP contribution in [0.5, 0.6) is 0 Å². The van der Waals surface area contributed by atoms with Gasteiger partial charge in [-0.3, -0.25) is 14.4 Å². The van der Waals surface area contributed by atoms with Gasteiger partial charge in [0, 0.05) is 46.9 Å². The number of rotatable bonds is 8. The van der Waals surface area contributed by atoms with Crippen LogP contribution in [0.15, 0.2) is 18.2 Å². The lowest BCUT2D eigenvalue weighted by atomic mass is 9.87. The smallest absolute Gasteiger partial charge is 0.254 e. The first-order valence-corrected chi connectivity index (χ1v) is 19.2. The molecule has 0 spiro atoms. The van der Waals surface area contributed by atoms with Crippen LogP contribution in [0.1, 0.15) is 192 Å². The van der Waals surface area contributed by atoms with Crippen LogP contribution in [0.3, 0.4) is 0 Å². The van der Waals surface area contributed by atoms with E-state index in [-0.39, 0.29) is 47.9 Å². The third-order valence-corrected chi connectivity index (χ3v) is 12.0. The van der Waals surface area contributed by atoms with Gasteiger partial charge in [-0.05, 0) is 82.4 Å². The van der Waals surface area contributed by atoms with E-state index in [0.29, 0.717) is 16.7 Å². The third kappa shape index (κ3) is 8.14. The summed E-state index contributed by atoms with van der Waals surface area (Å²) in [5.41, 5.74) is 1.56. The van der Waals surface area contributed by atoms with E-state index in [0.717, 1.165) is 77.0 Å². The van der Waals surface area contributed by atoms with E-state index in [4.69, 9.17) is 0 Å². The number of nitrogens with zero attached hydrogens (tertiary/aromatic N) is 2. The average molecular weight is 618 g/mol. The van der Waals surface area contributed by atoms with Crippen molar-refractivity contribution in [2.75, 3.05) is 0 Å². The Labute approximate surface area is 272 Å². The van der Waals surface area contributed by atoms with E-state index >= 15 is 0 Å². The summed E-state index contributed by atoms with van der Waals surface area (Å²) in [7, 11) is 0. The fraction of sp³-hybridized carbons (Fsp3) is 0.769. The van der Waals surface area contributed by atoms with Gasteiger partial charge >= 0.3 is 0 Å². The molecule has 0 aliphatic heterocycles. The second-order valence-corrected chi connectivity index (χ2v) is 15.2. The highest BCUT2D eigenvalue weighted by molar-refractivity contribution is 6.05. The second-order valence-electron chi connectivity index (χ2n) is 15.2. The third-order valence-electron chi connectivity index (χ3n) is 12.0. The molecule has 6 rings (SSSR count). The molecule has 1 aromatic rings. The summed E-state index contributed by atoms with van der Waals surface area (Å²) in [6.45, 7) is 0. The monoisotopic (exact) mass is 617 g/mol. The van der Waals surface area contributed by atoms with E-state index in [2.05, 4.69) is 15.1 Å². The molecule has 0 atom stereocenters. The van der Waals surface area contributed by atoms with E-state index in [1.807, 2.05) is 18.2 Å². The van der Waals surface area contributed by atoms with Crippen molar-refractivity contribution < 1.29 is 14.4 Å². The van der Waals surface area contributed by atoms with Crippen molar-refractivity contribution >= 4 is 17.7 Å². The van der Waals surface area contributed by atoms with Crippen LogP contribution in [0, 0.1) is 0 Å². The van der Waals surface area contributed by atoms with Gasteiger partial charge in [0.2, 0.25) is 0 Å². The highest BCUT2D eigenvalue weighted by atomic mass is 16.2. The van der Waals surface area contributed by atoms with Crippen LogP contribution in [-0.2, 0) is 0 Å².